The number of carbonyl (C=O) groups is 1. The molecule has 0 radical (unpaired) electrons. The van der Waals surface area contributed by atoms with Crippen LogP contribution in [0.3, 0.4) is 0 Å². The third-order valence-electron chi connectivity index (χ3n) is 3.03. The van der Waals surface area contributed by atoms with Crippen LogP contribution >= 0.6 is 38.5 Å². The van der Waals surface area contributed by atoms with Crippen molar-refractivity contribution in [2.24, 2.45) is 0 Å². The Morgan fingerprint density at radius 3 is 2.76 bits per heavy atom. The summed E-state index contributed by atoms with van der Waals surface area (Å²) in [6, 6.07) is 7.12. The molecule has 0 aliphatic carbocycles. The van der Waals surface area contributed by atoms with Crippen molar-refractivity contribution in [1.29, 1.82) is 5.26 Å². The Hall–Kier alpha value is -1.40. The molecule has 7 heteroatoms. The number of hydrogen-bond donors (Lipinski definition) is 1. The highest BCUT2D eigenvalue weighted by molar-refractivity contribution is 14.1. The first-order valence-electron chi connectivity index (χ1n) is 6.06. The minimum Gasteiger partial charge on any atom is -0.324 e. The molecule has 2 rings (SSSR count). The van der Waals surface area contributed by atoms with Gasteiger partial charge in [0.25, 0.3) is 5.91 Å². The standard InChI is InChI=1S/C14H12BrIN4O/c1-14(2,20-8-10(16)7-18-20)13(21)19-11-4-3-9(6-17)12(15)5-11/h3-5,7-8H,1-2H3,(H,19,21). The Kier molecular flexibility index (Phi) is 4.68. The van der Waals surface area contributed by atoms with E-state index in [2.05, 4.69) is 55.0 Å². The molecule has 5 nitrogen and oxygen atoms in total. The molecule has 2 aromatic rings. The molecule has 1 aromatic carbocycles. The highest BCUT2D eigenvalue weighted by atomic mass is 127. The van der Waals surface area contributed by atoms with E-state index in [9.17, 15) is 4.79 Å². The van der Waals surface area contributed by atoms with E-state index >= 15 is 0 Å². The molecular formula is C14H12BrIN4O. The van der Waals surface area contributed by atoms with E-state index in [1.807, 2.05) is 6.20 Å². The largest absolute Gasteiger partial charge is 0.324 e. The van der Waals surface area contributed by atoms with E-state index in [-0.39, 0.29) is 5.91 Å². The predicted molar refractivity (Wildman–Crippen MR) is 91.8 cm³/mol. The first-order valence-corrected chi connectivity index (χ1v) is 7.93. The quantitative estimate of drug-likeness (QED) is 0.715. The average Bonchev–Trinajstić information content (AvgIpc) is 2.86. The maximum atomic E-state index is 12.5. The monoisotopic (exact) mass is 458 g/mol. The second kappa shape index (κ2) is 6.15. The fraction of sp³-hybridized carbons (Fsp3) is 0.214. The lowest BCUT2D eigenvalue weighted by atomic mass is 10.0. The van der Waals surface area contributed by atoms with Gasteiger partial charge in [-0.3, -0.25) is 9.48 Å². The molecule has 1 aromatic heterocycles. The van der Waals surface area contributed by atoms with Crippen molar-refractivity contribution in [2.75, 3.05) is 5.32 Å². The summed E-state index contributed by atoms with van der Waals surface area (Å²) >= 11 is 5.45. The fourth-order valence-electron chi connectivity index (χ4n) is 1.68. The maximum Gasteiger partial charge on any atom is 0.251 e. The van der Waals surface area contributed by atoms with Gasteiger partial charge in [-0.25, -0.2) is 0 Å². The summed E-state index contributed by atoms with van der Waals surface area (Å²) in [6.07, 6.45) is 3.52. The SMILES string of the molecule is CC(C)(C(=O)Nc1ccc(C#N)c(Br)c1)n1cc(I)cn1. The van der Waals surface area contributed by atoms with Gasteiger partial charge in [-0.05, 0) is 70.6 Å². The van der Waals surface area contributed by atoms with Crippen molar-refractivity contribution in [3.05, 3.63) is 44.2 Å². The van der Waals surface area contributed by atoms with Gasteiger partial charge in [-0.2, -0.15) is 10.4 Å². The predicted octanol–water partition coefficient (Wildman–Crippen LogP) is 3.50. The van der Waals surface area contributed by atoms with Crippen LogP contribution in [0.1, 0.15) is 19.4 Å². The molecule has 0 aliphatic rings. The number of halogens is 2. The van der Waals surface area contributed by atoms with Gasteiger partial charge in [-0.15, -0.1) is 0 Å². The molecule has 0 spiro atoms. The van der Waals surface area contributed by atoms with Crippen LogP contribution in [-0.4, -0.2) is 15.7 Å². The molecule has 0 fully saturated rings. The van der Waals surface area contributed by atoms with Crippen molar-refractivity contribution in [3.63, 3.8) is 0 Å². The second-order valence-electron chi connectivity index (χ2n) is 4.92. The third-order valence-corrected chi connectivity index (χ3v) is 4.24. The van der Waals surface area contributed by atoms with Crippen molar-refractivity contribution in [3.8, 4) is 6.07 Å². The van der Waals surface area contributed by atoms with Gasteiger partial charge in [0.1, 0.15) is 11.6 Å². The summed E-state index contributed by atoms with van der Waals surface area (Å²) in [5, 5.41) is 15.9. The summed E-state index contributed by atoms with van der Waals surface area (Å²) in [4.78, 5) is 12.5. The topological polar surface area (TPSA) is 70.7 Å². The van der Waals surface area contributed by atoms with E-state index < -0.39 is 5.54 Å². The number of nitrogens with one attached hydrogen (secondary N) is 1. The lowest BCUT2D eigenvalue weighted by molar-refractivity contribution is -0.123. The van der Waals surface area contributed by atoms with Crippen molar-refractivity contribution >= 4 is 50.1 Å². The zero-order chi connectivity index (χ0) is 15.6. The average molecular weight is 459 g/mol. The molecule has 0 bridgehead atoms. The fourth-order valence-corrected chi connectivity index (χ4v) is 2.53. The lowest BCUT2D eigenvalue weighted by Crippen LogP contribution is -2.40. The molecule has 1 amide bonds. The summed E-state index contributed by atoms with van der Waals surface area (Å²) in [5.41, 5.74) is 0.332. The first-order chi connectivity index (χ1) is 9.84. The zero-order valence-electron chi connectivity index (χ0n) is 11.4. The van der Waals surface area contributed by atoms with E-state index in [1.54, 1.807) is 42.9 Å². The lowest BCUT2D eigenvalue weighted by Gasteiger charge is -2.24. The van der Waals surface area contributed by atoms with Crippen LogP contribution in [-0.2, 0) is 10.3 Å². The number of amides is 1. The molecular weight excluding hydrogens is 447 g/mol. The van der Waals surface area contributed by atoms with E-state index in [0.717, 1.165) is 3.57 Å². The van der Waals surface area contributed by atoms with Crippen LogP contribution in [0, 0.1) is 14.9 Å². The highest BCUT2D eigenvalue weighted by Crippen LogP contribution is 2.23. The van der Waals surface area contributed by atoms with Gasteiger partial charge < -0.3 is 5.32 Å². The number of rotatable bonds is 3. The van der Waals surface area contributed by atoms with Crippen molar-refractivity contribution in [2.45, 2.75) is 19.4 Å². The summed E-state index contributed by atoms with van der Waals surface area (Å²) in [6.45, 7) is 3.59. The van der Waals surface area contributed by atoms with Gasteiger partial charge in [0, 0.05) is 16.4 Å². The molecule has 0 saturated heterocycles. The van der Waals surface area contributed by atoms with Crippen LogP contribution in [0.4, 0.5) is 5.69 Å². The van der Waals surface area contributed by atoms with Crippen LogP contribution in [0.5, 0.6) is 0 Å². The van der Waals surface area contributed by atoms with Gasteiger partial charge >= 0.3 is 0 Å². The normalized spacial score (nSPS) is 11.0. The second-order valence-corrected chi connectivity index (χ2v) is 7.02. The van der Waals surface area contributed by atoms with Crippen LogP contribution in [0.15, 0.2) is 35.1 Å². The number of anilines is 1. The smallest absolute Gasteiger partial charge is 0.251 e. The van der Waals surface area contributed by atoms with E-state index in [0.29, 0.717) is 15.7 Å². The zero-order valence-corrected chi connectivity index (χ0v) is 15.1. The molecule has 0 unspecified atom stereocenters. The number of nitriles is 1. The number of nitrogens with zero attached hydrogens (tertiary/aromatic N) is 3. The summed E-state index contributed by atoms with van der Waals surface area (Å²) in [7, 11) is 0. The Bertz CT molecular complexity index is 733. The van der Waals surface area contributed by atoms with Gasteiger partial charge in [0.2, 0.25) is 0 Å². The van der Waals surface area contributed by atoms with E-state index in [1.165, 1.54) is 0 Å². The number of benzene rings is 1. The van der Waals surface area contributed by atoms with Gasteiger partial charge in [-0.1, -0.05) is 0 Å². The molecule has 21 heavy (non-hydrogen) atoms. The first kappa shape index (κ1) is 16.0. The summed E-state index contributed by atoms with van der Waals surface area (Å²) in [5.74, 6) is -0.182. The van der Waals surface area contributed by atoms with Crippen molar-refractivity contribution < 1.29 is 4.79 Å². The van der Waals surface area contributed by atoms with Gasteiger partial charge in [0.05, 0.1) is 15.3 Å². The van der Waals surface area contributed by atoms with Crippen LogP contribution in [0.2, 0.25) is 0 Å². The van der Waals surface area contributed by atoms with Crippen LogP contribution < -0.4 is 5.32 Å². The third kappa shape index (κ3) is 3.44. The highest BCUT2D eigenvalue weighted by Gasteiger charge is 2.30. The molecule has 1 N–H and O–H groups in total. The maximum absolute atomic E-state index is 12.5. The molecule has 0 atom stereocenters. The Labute approximate surface area is 144 Å². The minimum atomic E-state index is -0.816. The molecule has 108 valence electrons. The number of hydrogen-bond acceptors (Lipinski definition) is 3. The Morgan fingerprint density at radius 2 is 2.24 bits per heavy atom. The van der Waals surface area contributed by atoms with Gasteiger partial charge in [0.15, 0.2) is 0 Å². The van der Waals surface area contributed by atoms with Crippen molar-refractivity contribution in [1.82, 2.24) is 9.78 Å². The Morgan fingerprint density at radius 1 is 1.52 bits per heavy atom. The summed E-state index contributed by atoms with van der Waals surface area (Å²) < 4.78 is 3.24. The Balaban J connectivity index is 2.21. The van der Waals surface area contributed by atoms with E-state index in [4.69, 9.17) is 5.26 Å². The molecule has 0 saturated carbocycles. The number of aromatic nitrogens is 2. The van der Waals surface area contributed by atoms with Crippen LogP contribution in [0.25, 0.3) is 0 Å². The number of carbonyl (C=O) groups excluding carboxylic acids is 1. The minimum absolute atomic E-state index is 0.182. The molecule has 0 aliphatic heterocycles. The molecule has 1 heterocycles.